The molecule has 0 saturated carbocycles. The number of nitrogens with one attached hydrogen (secondary N) is 1. The van der Waals surface area contributed by atoms with Crippen LogP contribution in [-0.4, -0.2) is 61.2 Å². The van der Waals surface area contributed by atoms with Crippen molar-refractivity contribution in [3.63, 3.8) is 0 Å². The van der Waals surface area contributed by atoms with E-state index in [1.54, 1.807) is 11.3 Å². The van der Waals surface area contributed by atoms with Crippen LogP contribution in [0.4, 0.5) is 0 Å². The Bertz CT molecular complexity index is 782. The standard InChI is InChI=1S/C21H28N4OS.HI/c1-16-8-11-27-20(16)12-23-21(22-2)25-14-18-19(15-25)26-10-9-24(18)13-17-6-4-3-5-7-17;/h3-8,11,18-19H,9-10,12-15H2,1-2H3,(H,22,23);1H. The molecule has 1 aromatic heterocycles. The maximum Gasteiger partial charge on any atom is 0.194 e. The maximum atomic E-state index is 6.10. The topological polar surface area (TPSA) is 40.1 Å². The number of morpholine rings is 1. The maximum absolute atomic E-state index is 6.10. The van der Waals surface area contributed by atoms with Gasteiger partial charge >= 0.3 is 0 Å². The smallest absolute Gasteiger partial charge is 0.194 e. The quantitative estimate of drug-likeness (QED) is 0.388. The van der Waals surface area contributed by atoms with E-state index in [0.29, 0.717) is 6.04 Å². The highest BCUT2D eigenvalue weighted by molar-refractivity contribution is 14.0. The van der Waals surface area contributed by atoms with Crippen molar-refractivity contribution in [1.29, 1.82) is 0 Å². The number of aryl methyl sites for hydroxylation is 1. The third-order valence-electron chi connectivity index (χ3n) is 5.53. The van der Waals surface area contributed by atoms with Crippen LogP contribution in [0.3, 0.4) is 0 Å². The first-order valence-corrected chi connectivity index (χ1v) is 10.5. The lowest BCUT2D eigenvalue weighted by molar-refractivity contribution is -0.0502. The number of guanidine groups is 1. The van der Waals surface area contributed by atoms with Crippen molar-refractivity contribution in [3.8, 4) is 0 Å². The number of halogens is 1. The fourth-order valence-corrected chi connectivity index (χ4v) is 4.87. The molecule has 28 heavy (non-hydrogen) atoms. The predicted molar refractivity (Wildman–Crippen MR) is 127 cm³/mol. The number of thiophene rings is 1. The van der Waals surface area contributed by atoms with Gasteiger partial charge in [-0.1, -0.05) is 30.3 Å². The molecule has 152 valence electrons. The van der Waals surface area contributed by atoms with Crippen LogP contribution in [0.1, 0.15) is 16.0 Å². The second kappa shape index (κ2) is 10.0. The van der Waals surface area contributed by atoms with Crippen molar-refractivity contribution in [3.05, 3.63) is 57.8 Å². The van der Waals surface area contributed by atoms with Gasteiger partial charge in [0.05, 0.1) is 25.3 Å². The Labute approximate surface area is 188 Å². The Hall–Kier alpha value is -1.16. The molecule has 0 radical (unpaired) electrons. The van der Waals surface area contributed by atoms with E-state index >= 15 is 0 Å². The van der Waals surface area contributed by atoms with Crippen LogP contribution in [0.15, 0.2) is 46.8 Å². The van der Waals surface area contributed by atoms with E-state index in [1.807, 2.05) is 7.05 Å². The monoisotopic (exact) mass is 512 g/mol. The molecule has 2 aliphatic rings. The van der Waals surface area contributed by atoms with Gasteiger partial charge < -0.3 is 15.0 Å². The molecular formula is C21H29IN4OS. The van der Waals surface area contributed by atoms with E-state index in [9.17, 15) is 0 Å². The molecule has 0 spiro atoms. The molecule has 5 nitrogen and oxygen atoms in total. The number of hydrogen-bond acceptors (Lipinski definition) is 4. The fraction of sp³-hybridized carbons (Fsp3) is 0.476. The Balaban J connectivity index is 0.00000225. The summed E-state index contributed by atoms with van der Waals surface area (Å²) in [6.45, 7) is 7.64. The van der Waals surface area contributed by atoms with Gasteiger partial charge in [0, 0.05) is 38.1 Å². The number of ether oxygens (including phenoxy) is 1. The molecule has 0 amide bonds. The summed E-state index contributed by atoms with van der Waals surface area (Å²) in [5.74, 6) is 0.973. The third kappa shape index (κ3) is 4.87. The first-order chi connectivity index (χ1) is 13.2. The summed E-state index contributed by atoms with van der Waals surface area (Å²) in [7, 11) is 1.87. The lowest BCUT2D eigenvalue weighted by Gasteiger charge is -2.36. The molecule has 2 saturated heterocycles. The molecule has 0 bridgehead atoms. The second-order valence-corrected chi connectivity index (χ2v) is 8.27. The van der Waals surface area contributed by atoms with Crippen molar-refractivity contribution < 1.29 is 4.74 Å². The normalized spacial score (nSPS) is 22.6. The van der Waals surface area contributed by atoms with Crippen LogP contribution in [-0.2, 0) is 17.8 Å². The summed E-state index contributed by atoms with van der Waals surface area (Å²) in [5.41, 5.74) is 2.71. The molecule has 2 atom stereocenters. The van der Waals surface area contributed by atoms with Gasteiger partial charge in [0.25, 0.3) is 0 Å². The Morgan fingerprint density at radius 1 is 1.25 bits per heavy atom. The first-order valence-electron chi connectivity index (χ1n) is 9.62. The van der Waals surface area contributed by atoms with Gasteiger partial charge in [-0.3, -0.25) is 9.89 Å². The number of nitrogens with zero attached hydrogens (tertiary/aromatic N) is 3. The zero-order chi connectivity index (χ0) is 18.6. The molecule has 0 aliphatic carbocycles. The molecule has 3 heterocycles. The largest absolute Gasteiger partial charge is 0.373 e. The Morgan fingerprint density at radius 3 is 2.79 bits per heavy atom. The van der Waals surface area contributed by atoms with Crippen molar-refractivity contribution in [2.75, 3.05) is 33.3 Å². The molecule has 1 N–H and O–H groups in total. The Morgan fingerprint density at radius 2 is 2.07 bits per heavy atom. The summed E-state index contributed by atoms with van der Waals surface area (Å²) in [5, 5.41) is 5.69. The number of rotatable bonds is 4. The van der Waals surface area contributed by atoms with Crippen LogP contribution in [0, 0.1) is 6.92 Å². The molecule has 1 aromatic carbocycles. The van der Waals surface area contributed by atoms with Crippen LogP contribution in [0.5, 0.6) is 0 Å². The van der Waals surface area contributed by atoms with Gasteiger partial charge in [-0.05, 0) is 29.5 Å². The van der Waals surface area contributed by atoms with E-state index in [2.05, 4.69) is 68.8 Å². The average Bonchev–Trinajstić information content (AvgIpc) is 3.30. The summed E-state index contributed by atoms with van der Waals surface area (Å²) in [6, 6.07) is 13.3. The predicted octanol–water partition coefficient (Wildman–Crippen LogP) is 3.34. The highest BCUT2D eigenvalue weighted by Crippen LogP contribution is 2.25. The van der Waals surface area contributed by atoms with Gasteiger partial charge in [0.2, 0.25) is 0 Å². The van der Waals surface area contributed by atoms with Crippen LogP contribution in [0.2, 0.25) is 0 Å². The lowest BCUT2D eigenvalue weighted by atomic mass is 10.1. The van der Waals surface area contributed by atoms with Crippen LogP contribution >= 0.6 is 35.3 Å². The lowest BCUT2D eigenvalue weighted by Crippen LogP contribution is -2.50. The van der Waals surface area contributed by atoms with Gasteiger partial charge in [-0.2, -0.15) is 0 Å². The minimum atomic E-state index is 0. The molecule has 2 unspecified atom stereocenters. The summed E-state index contributed by atoms with van der Waals surface area (Å²) in [4.78, 5) is 10.8. The minimum absolute atomic E-state index is 0. The van der Waals surface area contributed by atoms with Crippen molar-refractivity contribution >= 4 is 41.3 Å². The van der Waals surface area contributed by atoms with Crippen molar-refractivity contribution in [2.45, 2.75) is 32.2 Å². The van der Waals surface area contributed by atoms with Gasteiger partial charge in [0.1, 0.15) is 0 Å². The molecular weight excluding hydrogens is 483 g/mol. The average molecular weight is 512 g/mol. The highest BCUT2D eigenvalue weighted by atomic mass is 127. The number of fused-ring (bicyclic) bond motifs is 1. The van der Waals surface area contributed by atoms with Crippen molar-refractivity contribution in [1.82, 2.24) is 15.1 Å². The minimum Gasteiger partial charge on any atom is -0.373 e. The first kappa shape index (κ1) is 21.5. The summed E-state index contributed by atoms with van der Waals surface area (Å²) in [6.07, 6.45) is 0.254. The number of likely N-dealkylation sites (tertiary alicyclic amines) is 1. The summed E-state index contributed by atoms with van der Waals surface area (Å²) < 4.78 is 6.10. The zero-order valence-corrected chi connectivity index (χ0v) is 19.7. The SMILES string of the molecule is CN=C(NCc1sccc1C)N1CC2OCCN(Cc3ccccc3)C2C1.I. The van der Waals surface area contributed by atoms with E-state index < -0.39 is 0 Å². The molecule has 2 fully saturated rings. The molecule has 2 aliphatic heterocycles. The van der Waals surface area contributed by atoms with Gasteiger partial charge in [-0.15, -0.1) is 35.3 Å². The van der Waals surface area contributed by atoms with E-state index in [-0.39, 0.29) is 30.1 Å². The van der Waals surface area contributed by atoms with E-state index in [4.69, 9.17) is 4.74 Å². The number of benzene rings is 1. The molecule has 4 rings (SSSR count). The van der Waals surface area contributed by atoms with Gasteiger partial charge in [0.15, 0.2) is 5.96 Å². The van der Waals surface area contributed by atoms with Gasteiger partial charge in [-0.25, -0.2) is 0 Å². The highest BCUT2D eigenvalue weighted by Gasteiger charge is 2.41. The third-order valence-corrected chi connectivity index (χ3v) is 6.55. The molecule has 7 heteroatoms. The van der Waals surface area contributed by atoms with Crippen LogP contribution in [0.25, 0.3) is 0 Å². The van der Waals surface area contributed by atoms with Crippen molar-refractivity contribution in [2.24, 2.45) is 4.99 Å². The van der Waals surface area contributed by atoms with Crippen LogP contribution < -0.4 is 5.32 Å². The second-order valence-electron chi connectivity index (χ2n) is 7.27. The molecule has 2 aromatic rings. The summed E-state index contributed by atoms with van der Waals surface area (Å²) >= 11 is 1.80. The zero-order valence-electron chi connectivity index (χ0n) is 16.5. The number of aliphatic imine (C=N–C) groups is 1. The number of hydrogen-bond donors (Lipinski definition) is 1. The fourth-order valence-electron chi connectivity index (χ4n) is 4.02. The Kier molecular flexibility index (Phi) is 7.73. The van der Waals surface area contributed by atoms with E-state index in [1.165, 1.54) is 16.0 Å². The van der Waals surface area contributed by atoms with E-state index in [0.717, 1.165) is 45.3 Å².